The Labute approximate surface area is 115 Å². The van der Waals surface area contributed by atoms with Crippen LogP contribution in [0.15, 0.2) is 12.1 Å². The predicted octanol–water partition coefficient (Wildman–Crippen LogP) is 2.02. The molecule has 1 aromatic carbocycles. The van der Waals surface area contributed by atoms with E-state index in [0.29, 0.717) is 6.92 Å². The summed E-state index contributed by atoms with van der Waals surface area (Å²) in [6.07, 6.45) is -1.83. The number of methoxy groups -OCH3 is 3. The number of ether oxygens (including phenoxy) is 3. The Kier molecular flexibility index (Phi) is 4.88. The normalized spacial score (nSPS) is 12.8. The van der Waals surface area contributed by atoms with E-state index in [9.17, 15) is 18.7 Å². The van der Waals surface area contributed by atoms with Crippen LogP contribution in [-0.4, -0.2) is 32.4 Å². The van der Waals surface area contributed by atoms with E-state index in [1.54, 1.807) is 0 Å². The monoisotopic (exact) mass is 290 g/mol. The number of esters is 1. The van der Waals surface area contributed by atoms with E-state index in [0.717, 1.165) is 19.2 Å². The van der Waals surface area contributed by atoms with Crippen molar-refractivity contribution in [2.75, 3.05) is 21.3 Å². The number of alkyl halides is 2. The zero-order valence-electron chi connectivity index (χ0n) is 11.6. The second-order valence-electron chi connectivity index (χ2n) is 4.11. The first kappa shape index (κ1) is 16.2. The molecule has 0 amide bonds. The van der Waals surface area contributed by atoms with Gasteiger partial charge in [-0.1, -0.05) is 0 Å². The summed E-state index contributed by atoms with van der Waals surface area (Å²) >= 11 is 0. The van der Waals surface area contributed by atoms with Crippen molar-refractivity contribution in [2.24, 2.45) is 0 Å². The molecule has 0 bridgehead atoms. The number of carbonyl (C=O) groups excluding carboxylic acids is 1. The van der Waals surface area contributed by atoms with Crippen molar-refractivity contribution in [3.8, 4) is 11.5 Å². The number of benzene rings is 1. The highest BCUT2D eigenvalue weighted by molar-refractivity contribution is 5.77. The van der Waals surface area contributed by atoms with Crippen LogP contribution in [-0.2, 0) is 15.5 Å². The van der Waals surface area contributed by atoms with Crippen LogP contribution in [0.5, 0.6) is 11.5 Å². The van der Waals surface area contributed by atoms with Crippen LogP contribution in [0.3, 0.4) is 0 Å². The van der Waals surface area contributed by atoms with Crippen LogP contribution in [0.2, 0.25) is 0 Å². The summed E-state index contributed by atoms with van der Waals surface area (Å²) in [4.78, 5) is 11.4. The van der Waals surface area contributed by atoms with E-state index in [4.69, 9.17) is 9.47 Å². The first-order valence-corrected chi connectivity index (χ1v) is 5.66. The molecular formula is C13H16F2O5. The third-order valence-corrected chi connectivity index (χ3v) is 2.75. The van der Waals surface area contributed by atoms with Crippen LogP contribution < -0.4 is 9.47 Å². The molecule has 0 aliphatic rings. The maximum Gasteiger partial charge on any atom is 0.339 e. The lowest BCUT2D eigenvalue weighted by atomic mass is 9.97. The first-order chi connectivity index (χ1) is 9.26. The molecule has 5 nitrogen and oxygen atoms in total. The van der Waals surface area contributed by atoms with E-state index >= 15 is 0 Å². The van der Waals surface area contributed by atoms with Gasteiger partial charge in [-0.3, -0.25) is 0 Å². The van der Waals surface area contributed by atoms with Crippen molar-refractivity contribution in [3.63, 3.8) is 0 Å². The van der Waals surface area contributed by atoms with Gasteiger partial charge in [0.05, 0.1) is 21.3 Å². The number of carbonyl (C=O) groups is 1. The summed E-state index contributed by atoms with van der Waals surface area (Å²) < 4.78 is 41.5. The molecule has 0 aliphatic carbocycles. The summed E-state index contributed by atoms with van der Waals surface area (Å²) in [5.41, 5.74) is -0.824. The van der Waals surface area contributed by atoms with Gasteiger partial charge in [-0.25, -0.2) is 13.6 Å². The average Bonchev–Trinajstić information content (AvgIpc) is 2.42. The average molecular weight is 290 g/mol. The summed E-state index contributed by atoms with van der Waals surface area (Å²) in [6, 6.07) is 2.16. The van der Waals surface area contributed by atoms with E-state index in [2.05, 4.69) is 4.74 Å². The Morgan fingerprint density at radius 1 is 1.20 bits per heavy atom. The fourth-order valence-electron chi connectivity index (χ4n) is 1.74. The minimum atomic E-state index is -3.27. The molecule has 112 valence electrons. The van der Waals surface area contributed by atoms with Gasteiger partial charge in [-0.05, 0) is 12.1 Å². The van der Waals surface area contributed by atoms with Gasteiger partial charge in [-0.2, -0.15) is 0 Å². The number of aliphatic hydroxyl groups excluding tert-OH is 1. The molecule has 0 aliphatic heterocycles. The molecule has 0 heterocycles. The van der Waals surface area contributed by atoms with Crippen LogP contribution >= 0.6 is 0 Å². The fraction of sp³-hybridized carbons (Fsp3) is 0.462. The summed E-state index contributed by atoms with van der Waals surface area (Å²) in [5, 5.41) is 9.81. The Balaban J connectivity index is 3.50. The lowest BCUT2D eigenvalue weighted by Gasteiger charge is -2.21. The number of hydrogen-bond donors (Lipinski definition) is 1. The second-order valence-corrected chi connectivity index (χ2v) is 4.11. The third kappa shape index (κ3) is 3.16. The smallest absolute Gasteiger partial charge is 0.339 e. The van der Waals surface area contributed by atoms with Crippen molar-refractivity contribution in [1.29, 1.82) is 0 Å². The quantitative estimate of drug-likeness (QED) is 0.840. The summed E-state index contributed by atoms with van der Waals surface area (Å²) in [7, 11) is 3.66. The standard InChI is InChI=1S/C13H16F2O5/c1-13(14,15)8-6-10(19-3)9(18-2)5-7(8)11(16)12(17)20-4/h5-6,11,16H,1-4H3. The molecular weight excluding hydrogens is 274 g/mol. The SMILES string of the molecule is COC(=O)C(O)c1cc(OC)c(OC)cc1C(C)(F)F. The molecule has 7 heteroatoms. The minimum absolute atomic E-state index is 0.0739. The van der Waals surface area contributed by atoms with Gasteiger partial charge < -0.3 is 19.3 Å². The third-order valence-electron chi connectivity index (χ3n) is 2.75. The van der Waals surface area contributed by atoms with E-state index in [1.165, 1.54) is 14.2 Å². The lowest BCUT2D eigenvalue weighted by Crippen LogP contribution is -2.20. The summed E-state index contributed by atoms with van der Waals surface area (Å²) in [6.45, 7) is 0.655. The second kappa shape index (κ2) is 6.04. The molecule has 0 radical (unpaired) electrons. The number of hydrogen-bond acceptors (Lipinski definition) is 5. The van der Waals surface area contributed by atoms with Crippen LogP contribution in [0, 0.1) is 0 Å². The topological polar surface area (TPSA) is 65.0 Å². The van der Waals surface area contributed by atoms with Crippen molar-refractivity contribution in [1.82, 2.24) is 0 Å². The van der Waals surface area contributed by atoms with E-state index in [-0.39, 0.29) is 17.1 Å². The molecule has 1 atom stereocenters. The van der Waals surface area contributed by atoms with Gasteiger partial charge >= 0.3 is 5.97 Å². The van der Waals surface area contributed by atoms with Crippen LogP contribution in [0.1, 0.15) is 24.2 Å². The zero-order chi connectivity index (χ0) is 15.5. The minimum Gasteiger partial charge on any atom is -0.493 e. The van der Waals surface area contributed by atoms with Crippen molar-refractivity contribution in [3.05, 3.63) is 23.3 Å². The number of rotatable bonds is 5. The molecule has 1 unspecified atom stereocenters. The molecule has 0 saturated carbocycles. The molecule has 20 heavy (non-hydrogen) atoms. The van der Waals surface area contributed by atoms with Gasteiger partial charge in [0.1, 0.15) is 0 Å². The van der Waals surface area contributed by atoms with Gasteiger partial charge in [0.2, 0.25) is 0 Å². The Hall–Kier alpha value is -1.89. The van der Waals surface area contributed by atoms with Gasteiger partial charge in [0.25, 0.3) is 5.92 Å². The van der Waals surface area contributed by atoms with Gasteiger partial charge in [-0.15, -0.1) is 0 Å². The molecule has 1 rings (SSSR count). The molecule has 0 spiro atoms. The number of aliphatic hydroxyl groups is 1. The maximum absolute atomic E-state index is 13.6. The Morgan fingerprint density at radius 3 is 2.10 bits per heavy atom. The van der Waals surface area contributed by atoms with Crippen molar-refractivity contribution in [2.45, 2.75) is 19.0 Å². The largest absolute Gasteiger partial charge is 0.493 e. The van der Waals surface area contributed by atoms with Crippen LogP contribution in [0.25, 0.3) is 0 Å². The highest BCUT2D eigenvalue weighted by Crippen LogP contribution is 2.40. The van der Waals surface area contributed by atoms with Crippen LogP contribution in [0.4, 0.5) is 8.78 Å². The summed E-state index contributed by atoms with van der Waals surface area (Å²) in [5.74, 6) is -4.12. The Morgan fingerprint density at radius 2 is 1.70 bits per heavy atom. The predicted molar refractivity (Wildman–Crippen MR) is 66.1 cm³/mol. The first-order valence-electron chi connectivity index (χ1n) is 5.66. The molecule has 1 N–H and O–H groups in total. The molecule has 0 aromatic heterocycles. The Bertz CT molecular complexity index is 496. The fourth-order valence-corrected chi connectivity index (χ4v) is 1.74. The van der Waals surface area contributed by atoms with E-state index < -0.39 is 23.6 Å². The maximum atomic E-state index is 13.6. The molecule has 0 fully saturated rings. The van der Waals surface area contributed by atoms with Crippen molar-refractivity contribution >= 4 is 5.97 Å². The molecule has 1 aromatic rings. The highest BCUT2D eigenvalue weighted by Gasteiger charge is 2.34. The van der Waals surface area contributed by atoms with Crippen molar-refractivity contribution < 1.29 is 32.9 Å². The molecule has 0 saturated heterocycles. The van der Waals surface area contributed by atoms with E-state index in [1.807, 2.05) is 0 Å². The van der Waals surface area contributed by atoms with Gasteiger partial charge in [0.15, 0.2) is 17.6 Å². The van der Waals surface area contributed by atoms with Gasteiger partial charge in [0, 0.05) is 18.1 Å². The number of halogens is 2. The lowest BCUT2D eigenvalue weighted by molar-refractivity contribution is -0.150. The zero-order valence-corrected chi connectivity index (χ0v) is 11.6. The highest BCUT2D eigenvalue weighted by atomic mass is 19.3.